The summed E-state index contributed by atoms with van der Waals surface area (Å²) in [5, 5.41) is 11.8. The van der Waals surface area contributed by atoms with Crippen LogP contribution in [0, 0.1) is 11.6 Å². The topological polar surface area (TPSA) is 63.1 Å². The lowest BCUT2D eigenvalue weighted by atomic mass is 10.3. The molecule has 2 heterocycles. The van der Waals surface area contributed by atoms with E-state index >= 15 is 0 Å². The maximum Gasteiger partial charge on any atom is 0.234 e. The van der Waals surface area contributed by atoms with Gasteiger partial charge in [-0.25, -0.2) is 8.78 Å². The van der Waals surface area contributed by atoms with E-state index in [2.05, 4.69) is 20.4 Å². The van der Waals surface area contributed by atoms with Gasteiger partial charge in [-0.15, -0.1) is 10.2 Å². The van der Waals surface area contributed by atoms with Crippen LogP contribution >= 0.6 is 11.8 Å². The van der Waals surface area contributed by atoms with Gasteiger partial charge in [0.15, 0.2) is 22.6 Å². The number of halogens is 2. The Hall–Kier alpha value is -2.78. The molecule has 0 spiro atoms. The van der Waals surface area contributed by atoms with Crippen LogP contribution in [0.15, 0.2) is 53.7 Å². The fourth-order valence-electron chi connectivity index (χ4n) is 3.37. The molecule has 1 saturated heterocycles. The average Bonchev–Trinajstić information content (AvgIpc) is 3.40. The first-order valence-corrected chi connectivity index (χ1v) is 10.7. The fraction of sp³-hybridized carbons (Fsp3) is 0.286. The van der Waals surface area contributed by atoms with Crippen molar-refractivity contribution >= 4 is 23.4 Å². The minimum atomic E-state index is -1.00. The van der Waals surface area contributed by atoms with E-state index in [0.717, 1.165) is 36.7 Å². The van der Waals surface area contributed by atoms with Crippen molar-refractivity contribution in [2.24, 2.45) is 0 Å². The van der Waals surface area contributed by atoms with E-state index in [9.17, 15) is 13.6 Å². The Morgan fingerprint density at radius 3 is 2.53 bits per heavy atom. The summed E-state index contributed by atoms with van der Waals surface area (Å²) in [7, 11) is 0. The van der Waals surface area contributed by atoms with Gasteiger partial charge in [-0.05, 0) is 50.2 Å². The Bertz CT molecular complexity index is 1020. The molecule has 1 N–H and O–H groups in total. The lowest BCUT2D eigenvalue weighted by Gasteiger charge is -2.16. The highest BCUT2D eigenvalue weighted by atomic mass is 32.2. The minimum Gasteiger partial charge on any atom is -0.325 e. The Morgan fingerprint density at radius 1 is 1.03 bits per heavy atom. The van der Waals surface area contributed by atoms with Gasteiger partial charge in [0.2, 0.25) is 5.91 Å². The molecule has 0 radical (unpaired) electrons. The SMILES string of the molecule is O=C(CSc1nnc(CN2CCCC2)n1-c1ccccc1)Nc1ccc(F)c(F)c1. The van der Waals surface area contributed by atoms with E-state index in [1.54, 1.807) is 0 Å². The summed E-state index contributed by atoms with van der Waals surface area (Å²) < 4.78 is 28.3. The molecule has 0 bridgehead atoms. The molecule has 4 rings (SSSR count). The number of nitrogens with one attached hydrogen (secondary N) is 1. The third-order valence-electron chi connectivity index (χ3n) is 4.81. The average molecular weight is 429 g/mol. The van der Waals surface area contributed by atoms with Gasteiger partial charge in [-0.1, -0.05) is 30.0 Å². The van der Waals surface area contributed by atoms with E-state index in [1.165, 1.54) is 30.7 Å². The molecule has 1 amide bonds. The van der Waals surface area contributed by atoms with Crippen LogP contribution in [0.5, 0.6) is 0 Å². The molecule has 0 aliphatic carbocycles. The van der Waals surface area contributed by atoms with Gasteiger partial charge in [0.25, 0.3) is 0 Å². The van der Waals surface area contributed by atoms with E-state index < -0.39 is 11.6 Å². The number of carbonyl (C=O) groups is 1. The number of anilines is 1. The number of likely N-dealkylation sites (tertiary alicyclic amines) is 1. The Kier molecular flexibility index (Phi) is 6.39. The summed E-state index contributed by atoms with van der Waals surface area (Å²) in [6.45, 7) is 2.78. The van der Waals surface area contributed by atoms with Crippen molar-refractivity contribution in [2.75, 3.05) is 24.2 Å². The number of carbonyl (C=O) groups excluding carboxylic acids is 1. The van der Waals surface area contributed by atoms with E-state index in [1.807, 2.05) is 34.9 Å². The molecule has 1 aliphatic rings. The number of benzene rings is 2. The Balaban J connectivity index is 1.48. The second-order valence-corrected chi connectivity index (χ2v) is 7.96. The number of thioether (sulfide) groups is 1. The lowest BCUT2D eigenvalue weighted by molar-refractivity contribution is -0.113. The van der Waals surface area contributed by atoms with Crippen molar-refractivity contribution < 1.29 is 13.6 Å². The highest BCUT2D eigenvalue weighted by molar-refractivity contribution is 7.99. The number of nitrogens with zero attached hydrogens (tertiary/aromatic N) is 4. The van der Waals surface area contributed by atoms with Gasteiger partial charge in [0.05, 0.1) is 12.3 Å². The van der Waals surface area contributed by atoms with Crippen molar-refractivity contribution in [1.29, 1.82) is 0 Å². The van der Waals surface area contributed by atoms with E-state index in [-0.39, 0.29) is 17.3 Å². The predicted molar refractivity (Wildman–Crippen MR) is 112 cm³/mol. The molecule has 0 atom stereocenters. The predicted octanol–water partition coefficient (Wildman–Crippen LogP) is 3.87. The maximum absolute atomic E-state index is 13.3. The molecular formula is C21H21F2N5OS. The first kappa shape index (κ1) is 20.5. The Morgan fingerprint density at radius 2 is 1.80 bits per heavy atom. The molecule has 3 aromatic rings. The highest BCUT2D eigenvalue weighted by Gasteiger charge is 2.20. The molecule has 0 unspecified atom stereocenters. The highest BCUT2D eigenvalue weighted by Crippen LogP contribution is 2.24. The standard InChI is InChI=1S/C21H21F2N5OS/c22-17-9-8-15(12-18(17)23)24-20(29)14-30-21-26-25-19(13-27-10-4-5-11-27)28(21)16-6-2-1-3-7-16/h1-3,6-9,12H,4-5,10-11,13-14H2,(H,24,29). The Labute approximate surface area is 177 Å². The first-order chi connectivity index (χ1) is 14.6. The van der Waals surface area contributed by atoms with Crippen LogP contribution in [0.2, 0.25) is 0 Å². The number of para-hydroxylation sites is 1. The molecule has 6 nitrogen and oxygen atoms in total. The second-order valence-electron chi connectivity index (χ2n) is 7.02. The van der Waals surface area contributed by atoms with E-state index in [0.29, 0.717) is 11.7 Å². The zero-order chi connectivity index (χ0) is 20.9. The quantitative estimate of drug-likeness (QED) is 0.578. The van der Waals surface area contributed by atoms with Crippen molar-refractivity contribution in [1.82, 2.24) is 19.7 Å². The zero-order valence-electron chi connectivity index (χ0n) is 16.2. The molecule has 2 aromatic carbocycles. The van der Waals surface area contributed by atoms with Crippen LogP contribution in [0.3, 0.4) is 0 Å². The smallest absolute Gasteiger partial charge is 0.234 e. The molecule has 1 aliphatic heterocycles. The van der Waals surface area contributed by atoms with Gasteiger partial charge in [-0.2, -0.15) is 0 Å². The van der Waals surface area contributed by atoms with Crippen LogP contribution in [0.1, 0.15) is 18.7 Å². The maximum atomic E-state index is 13.3. The summed E-state index contributed by atoms with van der Waals surface area (Å²) in [6, 6.07) is 13.0. The summed E-state index contributed by atoms with van der Waals surface area (Å²) in [6.07, 6.45) is 2.37. The van der Waals surface area contributed by atoms with Crippen LogP contribution in [0.4, 0.5) is 14.5 Å². The molecule has 0 saturated carbocycles. The third-order valence-corrected chi connectivity index (χ3v) is 5.74. The van der Waals surface area contributed by atoms with Crippen molar-refractivity contribution in [3.63, 3.8) is 0 Å². The van der Waals surface area contributed by atoms with Gasteiger partial charge in [0.1, 0.15) is 0 Å². The number of amides is 1. The van der Waals surface area contributed by atoms with Crippen LogP contribution < -0.4 is 5.32 Å². The second kappa shape index (κ2) is 9.36. The van der Waals surface area contributed by atoms with Gasteiger partial charge in [-0.3, -0.25) is 14.3 Å². The number of hydrogen-bond donors (Lipinski definition) is 1. The molecule has 156 valence electrons. The van der Waals surface area contributed by atoms with Crippen LogP contribution in [-0.2, 0) is 11.3 Å². The largest absolute Gasteiger partial charge is 0.325 e. The van der Waals surface area contributed by atoms with E-state index in [4.69, 9.17) is 0 Å². The number of aromatic nitrogens is 3. The molecule has 9 heteroatoms. The summed E-state index contributed by atoms with van der Waals surface area (Å²) >= 11 is 1.25. The first-order valence-electron chi connectivity index (χ1n) is 9.70. The third kappa shape index (κ3) is 4.85. The summed E-state index contributed by atoms with van der Waals surface area (Å²) in [5.74, 6) is -1.41. The molecule has 30 heavy (non-hydrogen) atoms. The number of hydrogen-bond acceptors (Lipinski definition) is 5. The van der Waals surface area contributed by atoms with Gasteiger partial charge in [0, 0.05) is 17.4 Å². The molecule has 1 aromatic heterocycles. The zero-order valence-corrected chi connectivity index (χ0v) is 17.0. The van der Waals surface area contributed by atoms with Crippen molar-refractivity contribution in [2.45, 2.75) is 24.5 Å². The molecular weight excluding hydrogens is 408 g/mol. The lowest BCUT2D eigenvalue weighted by Crippen LogP contribution is -2.21. The monoisotopic (exact) mass is 429 g/mol. The fourth-order valence-corrected chi connectivity index (χ4v) is 4.15. The number of rotatable bonds is 7. The van der Waals surface area contributed by atoms with Crippen molar-refractivity contribution in [3.8, 4) is 5.69 Å². The normalized spacial score (nSPS) is 14.2. The van der Waals surface area contributed by atoms with Gasteiger partial charge >= 0.3 is 0 Å². The summed E-state index contributed by atoms with van der Waals surface area (Å²) in [4.78, 5) is 14.6. The van der Waals surface area contributed by atoms with Crippen LogP contribution in [0.25, 0.3) is 5.69 Å². The molecule has 1 fully saturated rings. The summed E-state index contributed by atoms with van der Waals surface area (Å²) in [5.41, 5.74) is 1.14. The van der Waals surface area contributed by atoms with Gasteiger partial charge < -0.3 is 5.32 Å². The van der Waals surface area contributed by atoms with Crippen molar-refractivity contribution in [3.05, 3.63) is 66.0 Å². The minimum absolute atomic E-state index is 0.0632. The van der Waals surface area contributed by atoms with Crippen LogP contribution in [-0.4, -0.2) is 44.4 Å².